The van der Waals surface area contributed by atoms with Crippen LogP contribution in [0.4, 0.5) is 19.0 Å². The standard InChI is InChI=1S/C13H16F3N3S/c14-13(15,16)5-2-6-18-12-9(11(17)20)7-8-3-1-4-10(8)19-12/h7H,1-6H2,(H2,17,20)(H,18,19). The maximum atomic E-state index is 12.1. The number of pyridine rings is 1. The fourth-order valence-electron chi connectivity index (χ4n) is 2.29. The molecule has 1 heterocycles. The SMILES string of the molecule is NC(=S)c1cc2c(nc1NCCCC(F)(F)F)CCC2. The monoisotopic (exact) mass is 303 g/mol. The first-order valence-corrected chi connectivity index (χ1v) is 6.91. The van der Waals surface area contributed by atoms with Gasteiger partial charge in [0.1, 0.15) is 10.8 Å². The van der Waals surface area contributed by atoms with E-state index in [2.05, 4.69) is 10.3 Å². The van der Waals surface area contributed by atoms with Gasteiger partial charge in [0.2, 0.25) is 0 Å². The lowest BCUT2D eigenvalue weighted by Crippen LogP contribution is -2.17. The van der Waals surface area contributed by atoms with Gasteiger partial charge in [0.25, 0.3) is 0 Å². The van der Waals surface area contributed by atoms with Crippen molar-refractivity contribution in [2.45, 2.75) is 38.3 Å². The van der Waals surface area contributed by atoms with E-state index in [-0.39, 0.29) is 18.0 Å². The zero-order valence-electron chi connectivity index (χ0n) is 10.9. The van der Waals surface area contributed by atoms with E-state index >= 15 is 0 Å². The minimum atomic E-state index is -4.13. The second-order valence-corrected chi connectivity index (χ2v) is 5.29. The molecule has 1 aliphatic carbocycles. The van der Waals surface area contributed by atoms with Crippen LogP contribution in [0.15, 0.2) is 6.07 Å². The number of hydrogen-bond donors (Lipinski definition) is 2. The quantitative estimate of drug-likeness (QED) is 0.648. The summed E-state index contributed by atoms with van der Waals surface area (Å²) in [6.45, 7) is 0.195. The van der Waals surface area contributed by atoms with Crippen molar-refractivity contribution in [1.82, 2.24) is 4.98 Å². The van der Waals surface area contributed by atoms with E-state index in [1.807, 2.05) is 6.07 Å². The third kappa shape index (κ3) is 3.82. The molecule has 0 radical (unpaired) electrons. The predicted octanol–water partition coefficient (Wildman–Crippen LogP) is 2.96. The van der Waals surface area contributed by atoms with Crippen LogP contribution in [0.3, 0.4) is 0 Å². The molecule has 0 atom stereocenters. The fourth-order valence-corrected chi connectivity index (χ4v) is 2.45. The number of fused-ring (bicyclic) bond motifs is 1. The molecule has 0 saturated heterocycles. The van der Waals surface area contributed by atoms with E-state index in [1.165, 1.54) is 0 Å². The first-order chi connectivity index (χ1) is 9.37. The van der Waals surface area contributed by atoms with Crippen LogP contribution in [-0.2, 0) is 12.8 Å². The summed E-state index contributed by atoms with van der Waals surface area (Å²) in [6.07, 6.45) is -2.06. The number of halogens is 3. The maximum absolute atomic E-state index is 12.1. The van der Waals surface area contributed by atoms with Crippen LogP contribution in [0.2, 0.25) is 0 Å². The molecule has 1 aliphatic rings. The van der Waals surface area contributed by atoms with E-state index < -0.39 is 12.6 Å². The van der Waals surface area contributed by atoms with E-state index in [9.17, 15) is 13.2 Å². The van der Waals surface area contributed by atoms with Crippen molar-refractivity contribution in [3.63, 3.8) is 0 Å². The molecule has 2 rings (SSSR count). The summed E-state index contributed by atoms with van der Waals surface area (Å²) in [5.41, 5.74) is 8.39. The largest absolute Gasteiger partial charge is 0.389 e. The number of nitrogens with one attached hydrogen (secondary N) is 1. The van der Waals surface area contributed by atoms with Crippen LogP contribution >= 0.6 is 12.2 Å². The lowest BCUT2D eigenvalue weighted by atomic mass is 10.1. The van der Waals surface area contributed by atoms with E-state index in [0.29, 0.717) is 11.4 Å². The summed E-state index contributed by atoms with van der Waals surface area (Å²) >= 11 is 4.98. The van der Waals surface area contributed by atoms with E-state index in [0.717, 1.165) is 30.5 Å². The number of rotatable bonds is 5. The van der Waals surface area contributed by atoms with Gasteiger partial charge in [-0.05, 0) is 37.3 Å². The molecule has 0 bridgehead atoms. The van der Waals surface area contributed by atoms with Crippen molar-refractivity contribution in [3.8, 4) is 0 Å². The summed E-state index contributed by atoms with van der Waals surface area (Å²) in [4.78, 5) is 4.66. The summed E-state index contributed by atoms with van der Waals surface area (Å²) in [5.74, 6) is 0.500. The van der Waals surface area contributed by atoms with Gasteiger partial charge < -0.3 is 11.1 Å². The lowest BCUT2D eigenvalue weighted by molar-refractivity contribution is -0.134. The molecule has 0 fully saturated rings. The number of nitrogens with two attached hydrogens (primary N) is 1. The van der Waals surface area contributed by atoms with Gasteiger partial charge in [-0.2, -0.15) is 13.2 Å². The van der Waals surface area contributed by atoms with Gasteiger partial charge in [-0.15, -0.1) is 0 Å². The first kappa shape index (κ1) is 15.0. The molecular weight excluding hydrogens is 287 g/mol. The van der Waals surface area contributed by atoms with Crippen molar-refractivity contribution in [1.29, 1.82) is 0 Å². The molecule has 110 valence electrons. The molecule has 0 amide bonds. The molecule has 0 spiro atoms. The average molecular weight is 303 g/mol. The Kier molecular flexibility index (Phi) is 4.47. The normalized spacial score (nSPS) is 14.2. The van der Waals surface area contributed by atoms with Gasteiger partial charge in [-0.1, -0.05) is 12.2 Å². The van der Waals surface area contributed by atoms with Crippen molar-refractivity contribution in [2.75, 3.05) is 11.9 Å². The summed E-state index contributed by atoms with van der Waals surface area (Å²) in [5, 5.41) is 2.92. The zero-order chi connectivity index (χ0) is 14.8. The van der Waals surface area contributed by atoms with Crippen molar-refractivity contribution >= 4 is 23.0 Å². The van der Waals surface area contributed by atoms with Crippen LogP contribution in [0.25, 0.3) is 0 Å². The highest BCUT2D eigenvalue weighted by molar-refractivity contribution is 7.80. The molecule has 20 heavy (non-hydrogen) atoms. The lowest BCUT2D eigenvalue weighted by Gasteiger charge is -2.13. The van der Waals surface area contributed by atoms with Gasteiger partial charge in [0.05, 0.1) is 5.56 Å². The topological polar surface area (TPSA) is 50.9 Å². The Balaban J connectivity index is 2.05. The van der Waals surface area contributed by atoms with Gasteiger partial charge in [0, 0.05) is 18.7 Å². The summed E-state index contributed by atoms with van der Waals surface area (Å²) < 4.78 is 36.3. The maximum Gasteiger partial charge on any atom is 0.389 e. The van der Waals surface area contributed by atoms with Crippen LogP contribution in [0, 0.1) is 0 Å². The van der Waals surface area contributed by atoms with Gasteiger partial charge in [0.15, 0.2) is 0 Å². The van der Waals surface area contributed by atoms with Gasteiger partial charge in [-0.25, -0.2) is 4.98 Å². The van der Waals surface area contributed by atoms with Crippen molar-refractivity contribution in [2.24, 2.45) is 5.73 Å². The van der Waals surface area contributed by atoms with Crippen molar-refractivity contribution in [3.05, 3.63) is 22.9 Å². The zero-order valence-corrected chi connectivity index (χ0v) is 11.7. The smallest absolute Gasteiger partial charge is 0.389 e. The molecule has 3 nitrogen and oxygen atoms in total. The fraction of sp³-hybridized carbons (Fsp3) is 0.538. The van der Waals surface area contributed by atoms with Crippen molar-refractivity contribution < 1.29 is 13.2 Å². The number of anilines is 1. The molecule has 1 aromatic rings. The van der Waals surface area contributed by atoms with Crippen LogP contribution in [0.1, 0.15) is 36.1 Å². The molecule has 0 aromatic carbocycles. The minimum absolute atomic E-state index is 0.000954. The Labute approximate surface area is 120 Å². The van der Waals surface area contributed by atoms with E-state index in [4.69, 9.17) is 18.0 Å². The molecule has 0 unspecified atom stereocenters. The number of hydrogen-bond acceptors (Lipinski definition) is 3. The number of thiocarbonyl (C=S) groups is 1. The van der Waals surface area contributed by atoms with Gasteiger partial charge >= 0.3 is 6.18 Å². The third-order valence-electron chi connectivity index (χ3n) is 3.25. The molecular formula is C13H16F3N3S. The van der Waals surface area contributed by atoms with E-state index in [1.54, 1.807) is 0 Å². The number of alkyl halides is 3. The summed E-state index contributed by atoms with van der Waals surface area (Å²) in [6, 6.07) is 1.91. The number of nitrogens with zero attached hydrogens (tertiary/aromatic N) is 1. The third-order valence-corrected chi connectivity index (χ3v) is 3.47. The minimum Gasteiger partial charge on any atom is -0.389 e. The van der Waals surface area contributed by atoms with Gasteiger partial charge in [-0.3, -0.25) is 0 Å². The Morgan fingerprint density at radius 2 is 2.15 bits per heavy atom. The summed E-state index contributed by atoms with van der Waals surface area (Å²) in [7, 11) is 0. The Bertz CT molecular complexity index is 514. The number of aryl methyl sites for hydroxylation is 2. The Morgan fingerprint density at radius 3 is 2.80 bits per heavy atom. The second kappa shape index (κ2) is 5.95. The molecule has 1 aromatic heterocycles. The molecule has 7 heteroatoms. The van der Waals surface area contributed by atoms with Crippen LogP contribution in [-0.4, -0.2) is 22.7 Å². The Hall–Kier alpha value is -1.37. The highest BCUT2D eigenvalue weighted by Gasteiger charge is 2.26. The highest BCUT2D eigenvalue weighted by atomic mass is 32.1. The molecule has 0 saturated carbocycles. The first-order valence-electron chi connectivity index (χ1n) is 6.50. The Morgan fingerprint density at radius 1 is 1.40 bits per heavy atom. The second-order valence-electron chi connectivity index (χ2n) is 4.85. The molecule has 0 aliphatic heterocycles. The molecule has 3 N–H and O–H groups in total. The predicted molar refractivity (Wildman–Crippen MR) is 75.9 cm³/mol. The highest BCUT2D eigenvalue weighted by Crippen LogP contribution is 2.26. The van der Waals surface area contributed by atoms with Crippen LogP contribution in [0.5, 0.6) is 0 Å². The van der Waals surface area contributed by atoms with Crippen LogP contribution < -0.4 is 11.1 Å². The number of aromatic nitrogens is 1. The average Bonchev–Trinajstić information content (AvgIpc) is 2.79.